The highest BCUT2D eigenvalue weighted by atomic mass is 19.1. The number of benzene rings is 1. The second kappa shape index (κ2) is 6.19. The lowest BCUT2D eigenvalue weighted by molar-refractivity contribution is 0.587. The number of aromatic nitrogens is 2. The maximum Gasteiger partial charge on any atom is 0.144 e. The molecule has 0 amide bonds. The third-order valence-electron chi connectivity index (χ3n) is 2.51. The van der Waals surface area contributed by atoms with E-state index in [1.54, 1.807) is 19.3 Å². The van der Waals surface area contributed by atoms with Gasteiger partial charge in [-0.05, 0) is 31.3 Å². The predicted octanol–water partition coefficient (Wildman–Crippen LogP) is 2.09. The summed E-state index contributed by atoms with van der Waals surface area (Å²) in [4.78, 5) is 8.30. The number of halogens is 2. The first-order valence-electron chi connectivity index (χ1n) is 5.83. The maximum atomic E-state index is 13.4. The van der Waals surface area contributed by atoms with Gasteiger partial charge in [0.2, 0.25) is 0 Å². The zero-order valence-corrected chi connectivity index (χ0v) is 10.5. The van der Waals surface area contributed by atoms with E-state index in [0.717, 1.165) is 18.2 Å². The van der Waals surface area contributed by atoms with Gasteiger partial charge < -0.3 is 10.6 Å². The van der Waals surface area contributed by atoms with Crippen molar-refractivity contribution in [3.8, 4) is 0 Å². The number of nitrogens with one attached hydrogen (secondary N) is 2. The highest BCUT2D eigenvalue weighted by molar-refractivity contribution is 5.35. The minimum Gasteiger partial charge on any atom is -0.366 e. The SMILES string of the molecule is CNCc1nccc(NCc2cc(F)ccc2F)n1. The molecule has 2 aromatic rings. The van der Waals surface area contributed by atoms with E-state index in [4.69, 9.17) is 0 Å². The Labute approximate surface area is 109 Å². The van der Waals surface area contributed by atoms with E-state index in [2.05, 4.69) is 20.6 Å². The van der Waals surface area contributed by atoms with Crippen LogP contribution in [0.15, 0.2) is 30.5 Å². The van der Waals surface area contributed by atoms with Crippen molar-refractivity contribution in [1.82, 2.24) is 15.3 Å². The number of hydrogen-bond acceptors (Lipinski definition) is 4. The van der Waals surface area contributed by atoms with Crippen LogP contribution < -0.4 is 10.6 Å². The summed E-state index contributed by atoms with van der Waals surface area (Å²) in [6, 6.07) is 5.04. The molecule has 0 atom stereocenters. The van der Waals surface area contributed by atoms with Gasteiger partial charge in [0.15, 0.2) is 0 Å². The Morgan fingerprint density at radius 2 is 2.00 bits per heavy atom. The van der Waals surface area contributed by atoms with E-state index in [9.17, 15) is 8.78 Å². The predicted molar refractivity (Wildman–Crippen MR) is 68.5 cm³/mol. The molecule has 0 aliphatic heterocycles. The molecule has 0 spiro atoms. The normalized spacial score (nSPS) is 10.5. The molecule has 6 heteroatoms. The van der Waals surface area contributed by atoms with Crippen molar-refractivity contribution in [1.29, 1.82) is 0 Å². The largest absolute Gasteiger partial charge is 0.366 e. The Hall–Kier alpha value is -2.08. The van der Waals surface area contributed by atoms with E-state index >= 15 is 0 Å². The minimum atomic E-state index is -0.461. The topological polar surface area (TPSA) is 49.8 Å². The Morgan fingerprint density at radius 1 is 1.16 bits per heavy atom. The molecule has 0 fully saturated rings. The van der Waals surface area contributed by atoms with Crippen LogP contribution in [0.1, 0.15) is 11.4 Å². The van der Waals surface area contributed by atoms with Gasteiger partial charge in [0, 0.05) is 18.3 Å². The average molecular weight is 264 g/mol. The smallest absolute Gasteiger partial charge is 0.144 e. The van der Waals surface area contributed by atoms with Gasteiger partial charge in [-0.25, -0.2) is 18.7 Å². The Bertz CT molecular complexity index is 560. The van der Waals surface area contributed by atoms with Gasteiger partial charge in [-0.3, -0.25) is 0 Å². The molecule has 1 heterocycles. The van der Waals surface area contributed by atoms with Gasteiger partial charge in [-0.1, -0.05) is 0 Å². The summed E-state index contributed by atoms with van der Waals surface area (Å²) in [5.41, 5.74) is 0.258. The molecule has 2 rings (SSSR count). The number of hydrogen-bond donors (Lipinski definition) is 2. The summed E-state index contributed by atoms with van der Waals surface area (Å²) < 4.78 is 26.4. The van der Waals surface area contributed by atoms with Gasteiger partial charge >= 0.3 is 0 Å². The molecule has 0 saturated carbocycles. The van der Waals surface area contributed by atoms with E-state index < -0.39 is 11.6 Å². The quantitative estimate of drug-likeness (QED) is 0.868. The second-order valence-corrected chi connectivity index (χ2v) is 3.98. The van der Waals surface area contributed by atoms with Gasteiger partial charge in [-0.2, -0.15) is 0 Å². The first-order chi connectivity index (χ1) is 9.19. The molecule has 0 saturated heterocycles. The highest BCUT2D eigenvalue weighted by Crippen LogP contribution is 2.12. The van der Waals surface area contributed by atoms with E-state index in [1.165, 1.54) is 0 Å². The van der Waals surface area contributed by atoms with Crippen molar-refractivity contribution in [2.75, 3.05) is 12.4 Å². The lowest BCUT2D eigenvalue weighted by Gasteiger charge is -2.08. The Balaban J connectivity index is 2.05. The first-order valence-corrected chi connectivity index (χ1v) is 5.83. The minimum absolute atomic E-state index is 0.166. The van der Waals surface area contributed by atoms with E-state index in [0.29, 0.717) is 18.2 Å². The maximum absolute atomic E-state index is 13.4. The molecule has 4 nitrogen and oxygen atoms in total. The van der Waals surface area contributed by atoms with E-state index in [1.807, 2.05) is 0 Å². The number of rotatable bonds is 5. The van der Waals surface area contributed by atoms with Gasteiger partial charge in [0.1, 0.15) is 23.3 Å². The van der Waals surface area contributed by atoms with Crippen LogP contribution in [0.25, 0.3) is 0 Å². The summed E-state index contributed by atoms with van der Waals surface area (Å²) in [6.45, 7) is 0.712. The fraction of sp³-hybridized carbons (Fsp3) is 0.231. The third kappa shape index (κ3) is 3.69. The molecule has 0 unspecified atom stereocenters. The summed E-state index contributed by atoms with van der Waals surface area (Å²) in [5.74, 6) is 0.297. The molecule has 2 N–H and O–H groups in total. The fourth-order valence-electron chi connectivity index (χ4n) is 1.61. The molecule has 19 heavy (non-hydrogen) atoms. The van der Waals surface area contributed by atoms with Crippen molar-refractivity contribution in [3.05, 3.63) is 53.5 Å². The van der Waals surface area contributed by atoms with Crippen molar-refractivity contribution < 1.29 is 8.78 Å². The highest BCUT2D eigenvalue weighted by Gasteiger charge is 2.04. The van der Waals surface area contributed by atoms with Crippen molar-refractivity contribution >= 4 is 5.82 Å². The van der Waals surface area contributed by atoms with Crippen LogP contribution in [-0.4, -0.2) is 17.0 Å². The average Bonchev–Trinajstić information content (AvgIpc) is 2.41. The van der Waals surface area contributed by atoms with Gasteiger partial charge in [0.05, 0.1) is 6.54 Å². The lowest BCUT2D eigenvalue weighted by atomic mass is 10.2. The van der Waals surface area contributed by atoms with Crippen LogP contribution in [-0.2, 0) is 13.1 Å². The van der Waals surface area contributed by atoms with Crippen LogP contribution in [0.4, 0.5) is 14.6 Å². The number of nitrogens with zero attached hydrogens (tertiary/aromatic N) is 2. The summed E-state index contributed by atoms with van der Waals surface area (Å²) in [6.07, 6.45) is 1.62. The second-order valence-electron chi connectivity index (χ2n) is 3.98. The Kier molecular flexibility index (Phi) is 4.35. The molecule has 0 aliphatic rings. The fourth-order valence-corrected chi connectivity index (χ4v) is 1.61. The lowest BCUT2D eigenvalue weighted by Crippen LogP contribution is -2.11. The summed E-state index contributed by atoms with van der Waals surface area (Å²) >= 11 is 0. The molecule has 100 valence electrons. The molecule has 0 radical (unpaired) electrons. The Morgan fingerprint density at radius 3 is 2.79 bits per heavy atom. The van der Waals surface area contributed by atoms with E-state index in [-0.39, 0.29) is 12.1 Å². The zero-order chi connectivity index (χ0) is 13.7. The van der Waals surface area contributed by atoms with Crippen LogP contribution in [0.2, 0.25) is 0 Å². The monoisotopic (exact) mass is 264 g/mol. The summed E-state index contributed by atoms with van der Waals surface area (Å²) in [5, 5.41) is 5.88. The molecular weight excluding hydrogens is 250 g/mol. The summed E-state index contributed by atoms with van der Waals surface area (Å²) in [7, 11) is 1.80. The zero-order valence-electron chi connectivity index (χ0n) is 10.5. The molecule has 0 aliphatic carbocycles. The number of anilines is 1. The van der Waals surface area contributed by atoms with Crippen LogP contribution in [0.3, 0.4) is 0 Å². The van der Waals surface area contributed by atoms with Crippen molar-refractivity contribution in [2.24, 2.45) is 0 Å². The van der Waals surface area contributed by atoms with Crippen molar-refractivity contribution in [3.63, 3.8) is 0 Å². The third-order valence-corrected chi connectivity index (χ3v) is 2.51. The standard InChI is InChI=1S/C13H14F2N4/c1-16-8-13-17-5-4-12(19-13)18-7-9-6-10(14)2-3-11(9)15/h2-6,16H,7-8H2,1H3,(H,17,18,19). The van der Waals surface area contributed by atoms with Gasteiger partial charge in [0.25, 0.3) is 0 Å². The van der Waals surface area contributed by atoms with Crippen LogP contribution >= 0.6 is 0 Å². The van der Waals surface area contributed by atoms with Crippen molar-refractivity contribution in [2.45, 2.75) is 13.1 Å². The molecule has 1 aromatic heterocycles. The molecule has 0 bridgehead atoms. The van der Waals surface area contributed by atoms with Crippen LogP contribution in [0.5, 0.6) is 0 Å². The van der Waals surface area contributed by atoms with Gasteiger partial charge in [-0.15, -0.1) is 0 Å². The van der Waals surface area contributed by atoms with Crippen LogP contribution in [0, 0.1) is 11.6 Å². The molecule has 1 aromatic carbocycles. The first kappa shape index (κ1) is 13.4. The molecular formula is C13H14F2N4.